The van der Waals surface area contributed by atoms with Crippen molar-refractivity contribution in [3.05, 3.63) is 34.6 Å². The SMILES string of the molecule is CCSc1nnc(NC(=O)C2CCN(Cc3c(F)cccc3Cl)CC2)s1. The number of piperidine rings is 1. The van der Waals surface area contributed by atoms with Crippen LogP contribution in [-0.2, 0) is 11.3 Å². The summed E-state index contributed by atoms with van der Waals surface area (Å²) in [4.78, 5) is 14.6. The van der Waals surface area contributed by atoms with Gasteiger partial charge >= 0.3 is 0 Å². The maximum absolute atomic E-state index is 13.9. The molecule has 1 N–H and O–H groups in total. The van der Waals surface area contributed by atoms with Crippen LogP contribution in [0.15, 0.2) is 22.5 Å². The highest BCUT2D eigenvalue weighted by Gasteiger charge is 2.26. The average Bonchev–Trinajstić information content (AvgIpc) is 3.06. The van der Waals surface area contributed by atoms with E-state index in [0.29, 0.717) is 22.3 Å². The molecule has 26 heavy (non-hydrogen) atoms. The first-order chi connectivity index (χ1) is 12.6. The van der Waals surface area contributed by atoms with Gasteiger partial charge in [0, 0.05) is 23.0 Å². The summed E-state index contributed by atoms with van der Waals surface area (Å²) in [5, 5.41) is 11.9. The second-order valence-corrected chi connectivity index (χ2v) is 8.94. The number of carbonyl (C=O) groups excluding carboxylic acids is 1. The molecule has 1 aliphatic rings. The number of nitrogens with one attached hydrogen (secondary N) is 1. The van der Waals surface area contributed by atoms with Crippen molar-refractivity contribution in [3.8, 4) is 0 Å². The van der Waals surface area contributed by atoms with E-state index in [0.717, 1.165) is 36.0 Å². The molecule has 2 aromatic rings. The van der Waals surface area contributed by atoms with Gasteiger partial charge < -0.3 is 5.32 Å². The molecule has 3 rings (SSSR count). The molecule has 0 atom stereocenters. The maximum Gasteiger partial charge on any atom is 0.229 e. The lowest BCUT2D eigenvalue weighted by atomic mass is 9.95. The van der Waals surface area contributed by atoms with Crippen LogP contribution in [0.3, 0.4) is 0 Å². The summed E-state index contributed by atoms with van der Waals surface area (Å²) < 4.78 is 14.8. The predicted octanol–water partition coefficient (Wildman–Crippen LogP) is 4.29. The first kappa shape index (κ1) is 19.5. The summed E-state index contributed by atoms with van der Waals surface area (Å²) >= 11 is 9.10. The number of nitrogens with zero attached hydrogens (tertiary/aromatic N) is 3. The van der Waals surface area contributed by atoms with Crippen molar-refractivity contribution >= 4 is 45.7 Å². The molecule has 9 heteroatoms. The minimum atomic E-state index is -0.283. The third-order valence-corrected chi connectivity index (χ3v) is 6.51. The number of anilines is 1. The Labute approximate surface area is 165 Å². The Kier molecular flexibility index (Phi) is 6.86. The van der Waals surface area contributed by atoms with Crippen molar-refractivity contribution in [1.82, 2.24) is 15.1 Å². The third kappa shape index (κ3) is 4.94. The van der Waals surface area contributed by atoms with Crippen LogP contribution in [0, 0.1) is 11.7 Å². The first-order valence-electron chi connectivity index (χ1n) is 8.49. The minimum absolute atomic E-state index is 0.0160. The number of aromatic nitrogens is 2. The highest BCUT2D eigenvalue weighted by Crippen LogP contribution is 2.27. The molecule has 0 bridgehead atoms. The topological polar surface area (TPSA) is 58.1 Å². The zero-order valence-corrected chi connectivity index (χ0v) is 16.8. The monoisotopic (exact) mass is 414 g/mol. The van der Waals surface area contributed by atoms with Crippen molar-refractivity contribution in [2.45, 2.75) is 30.6 Å². The maximum atomic E-state index is 13.9. The molecule has 2 heterocycles. The van der Waals surface area contributed by atoms with Gasteiger partial charge in [-0.15, -0.1) is 10.2 Å². The second-order valence-electron chi connectivity index (χ2n) is 6.05. The molecular formula is C17H20ClFN4OS2. The van der Waals surface area contributed by atoms with Gasteiger partial charge in [-0.2, -0.15) is 0 Å². The number of benzene rings is 1. The molecule has 1 aliphatic heterocycles. The molecule has 0 radical (unpaired) electrons. The van der Waals surface area contributed by atoms with Gasteiger partial charge in [-0.3, -0.25) is 9.69 Å². The third-order valence-electron chi connectivity index (χ3n) is 4.31. The Bertz CT molecular complexity index is 745. The lowest BCUT2D eigenvalue weighted by Crippen LogP contribution is -2.38. The summed E-state index contributed by atoms with van der Waals surface area (Å²) in [5.74, 6) is 0.563. The fourth-order valence-corrected chi connectivity index (χ4v) is 4.78. The van der Waals surface area contributed by atoms with Crippen molar-refractivity contribution in [2.24, 2.45) is 5.92 Å². The number of likely N-dealkylation sites (tertiary alicyclic amines) is 1. The first-order valence-corrected chi connectivity index (χ1v) is 10.7. The number of carbonyl (C=O) groups is 1. The van der Waals surface area contributed by atoms with E-state index in [-0.39, 0.29) is 17.6 Å². The zero-order valence-electron chi connectivity index (χ0n) is 14.4. The Morgan fingerprint density at radius 3 is 2.88 bits per heavy atom. The number of hydrogen-bond acceptors (Lipinski definition) is 6. The van der Waals surface area contributed by atoms with Gasteiger partial charge in [-0.1, -0.05) is 47.7 Å². The molecule has 1 saturated heterocycles. The largest absolute Gasteiger partial charge is 0.300 e. The molecule has 1 fully saturated rings. The van der Waals surface area contributed by atoms with E-state index < -0.39 is 0 Å². The summed E-state index contributed by atoms with van der Waals surface area (Å²) in [6, 6.07) is 4.73. The summed E-state index contributed by atoms with van der Waals surface area (Å²) in [5.41, 5.74) is 0.520. The summed E-state index contributed by atoms with van der Waals surface area (Å²) in [6.07, 6.45) is 1.46. The number of rotatable bonds is 6. The fourth-order valence-electron chi connectivity index (χ4n) is 2.91. The van der Waals surface area contributed by atoms with Crippen LogP contribution in [0.2, 0.25) is 5.02 Å². The standard InChI is InChI=1S/C17H20ClFN4OS2/c1-2-25-17-22-21-16(26-17)20-15(24)11-6-8-23(9-7-11)10-12-13(18)4-3-5-14(12)19/h3-5,11H,2,6-10H2,1H3,(H,20,21,24). The normalized spacial score (nSPS) is 16.0. The minimum Gasteiger partial charge on any atom is -0.300 e. The van der Waals surface area contributed by atoms with E-state index in [4.69, 9.17) is 11.6 Å². The van der Waals surface area contributed by atoms with Crippen LogP contribution in [0.5, 0.6) is 0 Å². The zero-order chi connectivity index (χ0) is 18.5. The Balaban J connectivity index is 1.50. The van der Waals surface area contributed by atoms with Crippen molar-refractivity contribution < 1.29 is 9.18 Å². The van der Waals surface area contributed by atoms with Crippen LogP contribution >= 0.6 is 34.7 Å². The Hall–Kier alpha value is -1.22. The van der Waals surface area contributed by atoms with E-state index in [9.17, 15) is 9.18 Å². The van der Waals surface area contributed by atoms with Crippen LogP contribution in [0.1, 0.15) is 25.3 Å². The van der Waals surface area contributed by atoms with Crippen LogP contribution in [-0.4, -0.2) is 39.8 Å². The Morgan fingerprint density at radius 1 is 1.42 bits per heavy atom. The van der Waals surface area contributed by atoms with Crippen LogP contribution in [0.4, 0.5) is 9.52 Å². The van der Waals surface area contributed by atoms with Gasteiger partial charge in [-0.25, -0.2) is 4.39 Å². The number of thioether (sulfide) groups is 1. The van der Waals surface area contributed by atoms with E-state index in [2.05, 4.69) is 20.4 Å². The number of hydrogen-bond donors (Lipinski definition) is 1. The van der Waals surface area contributed by atoms with Gasteiger partial charge in [-0.05, 0) is 43.8 Å². The molecule has 1 amide bonds. The molecule has 1 aromatic carbocycles. The smallest absolute Gasteiger partial charge is 0.229 e. The summed E-state index contributed by atoms with van der Waals surface area (Å²) in [6.45, 7) is 3.98. The Morgan fingerprint density at radius 2 is 2.19 bits per heavy atom. The van der Waals surface area contributed by atoms with Crippen molar-refractivity contribution in [1.29, 1.82) is 0 Å². The molecule has 0 aliphatic carbocycles. The van der Waals surface area contributed by atoms with Gasteiger partial charge in [0.25, 0.3) is 0 Å². The lowest BCUT2D eigenvalue weighted by Gasteiger charge is -2.31. The van der Waals surface area contributed by atoms with E-state index in [1.54, 1.807) is 23.9 Å². The number of halogens is 2. The van der Waals surface area contributed by atoms with Gasteiger partial charge in [0.2, 0.25) is 11.0 Å². The molecular weight excluding hydrogens is 395 g/mol. The predicted molar refractivity (Wildman–Crippen MR) is 104 cm³/mol. The van der Waals surface area contributed by atoms with Crippen molar-refractivity contribution in [2.75, 3.05) is 24.2 Å². The highest BCUT2D eigenvalue weighted by molar-refractivity contribution is 8.01. The van der Waals surface area contributed by atoms with Gasteiger partial charge in [0.1, 0.15) is 5.82 Å². The second kappa shape index (κ2) is 9.12. The molecule has 5 nitrogen and oxygen atoms in total. The average molecular weight is 415 g/mol. The fraction of sp³-hybridized carbons (Fsp3) is 0.471. The van der Waals surface area contributed by atoms with Crippen LogP contribution < -0.4 is 5.32 Å². The van der Waals surface area contributed by atoms with Crippen molar-refractivity contribution in [3.63, 3.8) is 0 Å². The van der Waals surface area contributed by atoms with E-state index in [1.165, 1.54) is 17.4 Å². The molecule has 1 aromatic heterocycles. The van der Waals surface area contributed by atoms with Crippen LogP contribution in [0.25, 0.3) is 0 Å². The number of amides is 1. The van der Waals surface area contributed by atoms with E-state index >= 15 is 0 Å². The summed E-state index contributed by atoms with van der Waals surface area (Å²) in [7, 11) is 0. The van der Waals surface area contributed by atoms with E-state index in [1.807, 2.05) is 6.92 Å². The molecule has 0 unspecified atom stereocenters. The quantitative estimate of drug-likeness (QED) is 0.564. The molecule has 140 valence electrons. The highest BCUT2D eigenvalue weighted by atomic mass is 35.5. The molecule has 0 saturated carbocycles. The van der Waals surface area contributed by atoms with Gasteiger partial charge in [0.05, 0.1) is 0 Å². The lowest BCUT2D eigenvalue weighted by molar-refractivity contribution is -0.121. The molecule has 0 spiro atoms. The van der Waals surface area contributed by atoms with Gasteiger partial charge in [0.15, 0.2) is 4.34 Å².